The number of rotatable bonds is 3. The Morgan fingerprint density at radius 1 is 0.574 bits per heavy atom. The molecule has 0 atom stereocenters. The Balaban J connectivity index is 0.000000203. The van der Waals surface area contributed by atoms with Crippen molar-refractivity contribution in [1.82, 2.24) is 0 Å². The van der Waals surface area contributed by atoms with Crippen molar-refractivity contribution in [3.8, 4) is 28.0 Å². The molecule has 0 amide bonds. The molecule has 4 heteroatoms. The van der Waals surface area contributed by atoms with E-state index in [1.807, 2.05) is 7.11 Å². The van der Waals surface area contributed by atoms with Crippen molar-refractivity contribution in [2.75, 3.05) is 7.11 Å². The van der Waals surface area contributed by atoms with Gasteiger partial charge in [-0.3, -0.25) is 0 Å². The van der Waals surface area contributed by atoms with Crippen LogP contribution < -0.4 is 4.74 Å². The molecule has 6 aromatic rings. The van der Waals surface area contributed by atoms with Crippen LogP contribution in [-0.2, 0) is 49.9 Å². The van der Waals surface area contributed by atoms with Crippen LogP contribution in [0.3, 0.4) is 0 Å². The summed E-state index contributed by atoms with van der Waals surface area (Å²) in [6.07, 6.45) is 3.78. The van der Waals surface area contributed by atoms with E-state index < -0.39 is 20.8 Å². The molecule has 0 unspecified atom stereocenters. The minimum absolute atomic E-state index is 0.00600. The number of ether oxygens (including phenoxy) is 1. The van der Waals surface area contributed by atoms with Crippen LogP contribution in [0.15, 0.2) is 72.8 Å². The summed E-state index contributed by atoms with van der Waals surface area (Å²) in [4.78, 5) is 0. The van der Waals surface area contributed by atoms with E-state index in [1.54, 1.807) is 11.1 Å². The maximum absolute atomic E-state index is 6.13. The van der Waals surface area contributed by atoms with Gasteiger partial charge in [0, 0.05) is 0 Å². The molecule has 0 N–H and O–H groups in total. The van der Waals surface area contributed by atoms with E-state index >= 15 is 0 Å². The van der Waals surface area contributed by atoms with E-state index in [0.717, 1.165) is 5.75 Å². The van der Waals surface area contributed by atoms with Gasteiger partial charge in [-0.15, -0.1) is 56.9 Å². The van der Waals surface area contributed by atoms with Crippen molar-refractivity contribution in [3.63, 3.8) is 0 Å². The molecule has 1 aliphatic rings. The van der Waals surface area contributed by atoms with E-state index in [4.69, 9.17) is 21.8 Å². The van der Waals surface area contributed by atoms with E-state index in [2.05, 4.69) is 163 Å². The van der Waals surface area contributed by atoms with Crippen LogP contribution in [0.2, 0.25) is 0 Å². The second kappa shape index (κ2) is 16.5. The molecule has 0 saturated heterocycles. The van der Waals surface area contributed by atoms with Gasteiger partial charge in [-0.2, -0.15) is 12.1 Å². The zero-order valence-corrected chi connectivity index (χ0v) is 39.2. The third kappa shape index (κ3) is 9.31. The zero-order valence-electron chi connectivity index (χ0n) is 35.2. The van der Waals surface area contributed by atoms with Crippen LogP contribution in [0, 0.1) is 27.7 Å². The topological polar surface area (TPSA) is 9.23 Å². The monoisotopic (exact) mass is 836 g/mol. The molecule has 284 valence electrons. The molecule has 1 nitrogen and oxygen atoms in total. The van der Waals surface area contributed by atoms with Gasteiger partial charge in [0.15, 0.2) is 0 Å². The molecular weight excluding hydrogens is 779 g/mol. The second-order valence-electron chi connectivity index (χ2n) is 18.6. The average molecular weight is 839 g/mol. The van der Waals surface area contributed by atoms with Gasteiger partial charge in [-0.1, -0.05) is 140 Å². The Labute approximate surface area is 345 Å². The van der Waals surface area contributed by atoms with Gasteiger partial charge >= 0.3 is 37.9 Å². The first-order valence-corrected chi connectivity index (χ1v) is 25.7. The van der Waals surface area contributed by atoms with Gasteiger partial charge in [0.2, 0.25) is 0 Å². The molecule has 0 spiro atoms. The fraction of sp³-hybridized carbons (Fsp3) is 0.400. The third-order valence-electron chi connectivity index (χ3n) is 10.8. The van der Waals surface area contributed by atoms with Gasteiger partial charge in [0.1, 0.15) is 5.75 Å². The summed E-state index contributed by atoms with van der Waals surface area (Å²) in [5.74, 6) is 1.01. The molecule has 0 aromatic heterocycles. The number of hydrogen-bond acceptors (Lipinski definition) is 1. The quantitative estimate of drug-likeness (QED) is 0.161. The van der Waals surface area contributed by atoms with E-state index in [-0.39, 0.29) is 16.2 Å². The van der Waals surface area contributed by atoms with Crippen LogP contribution in [0.25, 0.3) is 43.8 Å². The van der Waals surface area contributed by atoms with Gasteiger partial charge in [0.25, 0.3) is 0 Å². The average Bonchev–Trinajstić information content (AvgIpc) is 3.78. The number of benzene rings is 4. The third-order valence-corrected chi connectivity index (χ3v) is 10.8. The fourth-order valence-corrected chi connectivity index (χ4v) is 8.21. The Bertz CT molecular complexity index is 2220. The van der Waals surface area contributed by atoms with Crippen molar-refractivity contribution in [3.05, 3.63) is 123 Å². The SMILES string of the molecule is COc1c(C(C)(C)C)cc2[cH-]c(C)cc2c1-c1cc(C(C)(C)C)cc(C(C)(C)C)c1.Cc1cc(C)cc(-c2c3c(cc4[cH-]c(C)cc24)CCC3)c1.[Cl][Zr+2][Cl]. The maximum atomic E-state index is 6.13. The molecule has 0 fully saturated rings. The van der Waals surface area contributed by atoms with Crippen LogP contribution in [0.1, 0.15) is 119 Å². The van der Waals surface area contributed by atoms with E-state index in [9.17, 15) is 0 Å². The van der Waals surface area contributed by atoms with Crippen LogP contribution in [-0.4, -0.2) is 7.11 Å². The van der Waals surface area contributed by atoms with Crippen LogP contribution >= 0.6 is 17.0 Å². The number of methoxy groups -OCH3 is 1. The molecular formula is C50H60Cl2OZr. The summed E-state index contributed by atoms with van der Waals surface area (Å²) in [6, 6.07) is 28.2. The summed E-state index contributed by atoms with van der Waals surface area (Å²) >= 11 is -0.826. The fourth-order valence-electron chi connectivity index (χ4n) is 8.21. The Morgan fingerprint density at radius 3 is 1.54 bits per heavy atom. The van der Waals surface area contributed by atoms with Crippen molar-refractivity contribution in [2.24, 2.45) is 0 Å². The van der Waals surface area contributed by atoms with Gasteiger partial charge in [-0.25, -0.2) is 0 Å². The van der Waals surface area contributed by atoms with E-state index in [1.165, 1.54) is 102 Å². The number of hydrogen-bond donors (Lipinski definition) is 0. The molecule has 6 aromatic carbocycles. The first-order chi connectivity index (χ1) is 25.2. The van der Waals surface area contributed by atoms with E-state index in [0.29, 0.717) is 0 Å². The number of aryl methyl sites for hydroxylation is 5. The minimum atomic E-state index is -0.826. The molecule has 7 rings (SSSR count). The summed E-state index contributed by atoms with van der Waals surface area (Å²) in [5.41, 5.74) is 18.1. The molecule has 0 radical (unpaired) electrons. The summed E-state index contributed by atoms with van der Waals surface area (Å²) < 4.78 is 6.13. The van der Waals surface area contributed by atoms with Crippen molar-refractivity contribution in [2.45, 2.75) is 126 Å². The predicted octanol–water partition coefficient (Wildman–Crippen LogP) is 15.5. The molecule has 54 heavy (non-hydrogen) atoms. The molecule has 1 aliphatic carbocycles. The summed E-state index contributed by atoms with van der Waals surface area (Å²) in [5, 5.41) is 5.44. The number of halogens is 2. The van der Waals surface area contributed by atoms with Gasteiger partial charge in [-0.05, 0) is 82.7 Å². The second-order valence-corrected chi connectivity index (χ2v) is 22.4. The molecule has 0 aliphatic heterocycles. The van der Waals surface area contributed by atoms with Crippen molar-refractivity contribution < 1.29 is 25.6 Å². The molecule has 0 heterocycles. The standard InChI is InChI=1S/C29H39O.C21H21.2ClH.Zr/c1-18-12-19-16-24(29(8,9)10)26(30-11)25(23(19)13-18)20-14-21(27(2,3)4)17-22(15-20)28(5,6)7;1-13-7-14(2)10-18(9-13)21-19-6-4-5-16(19)12-17-8-15(3)11-20(17)21;;;/h12-17H,1-11H3;7-12H,4-6H2,1-3H3;2*1H;/q2*-1;;;+4/p-2. The number of fused-ring (bicyclic) bond motifs is 3. The Morgan fingerprint density at radius 2 is 1.06 bits per heavy atom. The van der Waals surface area contributed by atoms with Crippen molar-refractivity contribution >= 4 is 38.6 Å². The van der Waals surface area contributed by atoms with Crippen LogP contribution in [0.5, 0.6) is 5.75 Å². The van der Waals surface area contributed by atoms with Crippen LogP contribution in [0.4, 0.5) is 0 Å². The predicted molar refractivity (Wildman–Crippen MR) is 235 cm³/mol. The summed E-state index contributed by atoms with van der Waals surface area (Å²) in [6.45, 7) is 29.4. The zero-order chi connectivity index (χ0) is 39.9. The Kier molecular flexibility index (Phi) is 13.0. The first kappa shape index (κ1) is 42.5. The molecule has 0 saturated carbocycles. The first-order valence-electron chi connectivity index (χ1n) is 19.4. The Hall–Kier alpha value is -2.64. The van der Waals surface area contributed by atoms with Gasteiger partial charge < -0.3 is 4.74 Å². The normalized spacial score (nSPS) is 12.9. The summed E-state index contributed by atoms with van der Waals surface area (Å²) in [7, 11) is 11.7. The van der Waals surface area contributed by atoms with Gasteiger partial charge in [0.05, 0.1) is 7.11 Å². The molecule has 0 bridgehead atoms. The van der Waals surface area contributed by atoms with Crippen molar-refractivity contribution in [1.29, 1.82) is 0 Å².